The van der Waals surface area contributed by atoms with Crippen LogP contribution in [0, 0.1) is 0 Å². The molecule has 0 spiro atoms. The van der Waals surface area contributed by atoms with Crippen LogP contribution in [0.1, 0.15) is 0 Å². The second kappa shape index (κ2) is 17.0. The zero-order valence-corrected chi connectivity index (χ0v) is 42.4. The van der Waals surface area contributed by atoms with E-state index in [-0.39, 0.29) is 0 Å². The van der Waals surface area contributed by atoms with E-state index < -0.39 is 0 Å². The molecule has 76 heavy (non-hydrogen) atoms. The van der Waals surface area contributed by atoms with Crippen molar-refractivity contribution in [2.45, 2.75) is 0 Å². The summed E-state index contributed by atoms with van der Waals surface area (Å²) >= 11 is 3.68. The maximum atomic E-state index is 7.22. The molecule has 0 saturated carbocycles. The molecular weight excluding hydrogens is 965 g/mol. The van der Waals surface area contributed by atoms with Gasteiger partial charge in [0.25, 0.3) is 0 Å². The van der Waals surface area contributed by atoms with Gasteiger partial charge in [-0.05, 0) is 107 Å². The van der Waals surface area contributed by atoms with Crippen LogP contribution in [-0.2, 0) is 0 Å². The van der Waals surface area contributed by atoms with Crippen LogP contribution >= 0.6 is 22.7 Å². The van der Waals surface area contributed by atoms with Crippen molar-refractivity contribution in [3.63, 3.8) is 0 Å². The predicted octanol–water partition coefficient (Wildman–Crippen LogP) is 21.6. The molecule has 356 valence electrons. The molecule has 0 N–H and O–H groups in total. The average molecular weight is 1010 g/mol. The molecule has 12 aromatic carbocycles. The summed E-state index contributed by atoms with van der Waals surface area (Å²) in [5.74, 6) is 0. The largest absolute Gasteiger partial charge is 0.456 e. The van der Waals surface area contributed by atoms with Crippen LogP contribution in [0.25, 0.3) is 117 Å². The van der Waals surface area contributed by atoms with Gasteiger partial charge in [0.15, 0.2) is 0 Å². The lowest BCUT2D eigenvalue weighted by molar-refractivity contribution is 0.668. The standard InChI is InChI=1S/C70H42N2O2S2/c1-5-19-43(20-6-1)55-41-61-66(54-38-36-48(40-60(54)73-61)72(46-25-11-4-12-26-46)58-32-18-30-52-50-28-14-16-34-64(50)76-70(52)58)68-56(44-21-7-2-8-22-44)42-62-65(67(55)68)53-37-35-47(39-59(53)74-62)71(45-23-9-3-10-24-45)57-31-17-29-51-49-27-13-15-33-63(49)75-69(51)57/h1-42H. The lowest BCUT2D eigenvalue weighted by Crippen LogP contribution is -2.09. The summed E-state index contributed by atoms with van der Waals surface area (Å²) in [6.45, 7) is 0. The first-order valence-corrected chi connectivity index (χ1v) is 27.3. The number of hydrogen-bond acceptors (Lipinski definition) is 6. The fourth-order valence-electron chi connectivity index (χ4n) is 11.9. The van der Waals surface area contributed by atoms with Gasteiger partial charge < -0.3 is 18.6 Å². The summed E-state index contributed by atoms with van der Waals surface area (Å²) in [6.07, 6.45) is 0. The Morgan fingerprint density at radius 2 is 0.645 bits per heavy atom. The van der Waals surface area contributed by atoms with E-state index in [1.807, 2.05) is 22.7 Å². The number of fused-ring (bicyclic) bond motifs is 15. The molecule has 0 saturated heterocycles. The molecule has 0 fully saturated rings. The summed E-state index contributed by atoms with van der Waals surface area (Å²) < 4.78 is 19.5. The molecule has 4 nitrogen and oxygen atoms in total. The van der Waals surface area contributed by atoms with Gasteiger partial charge in [-0.25, -0.2) is 0 Å². The average Bonchev–Trinajstić information content (AvgIpc) is 4.35. The van der Waals surface area contributed by atoms with Crippen LogP contribution in [0.15, 0.2) is 264 Å². The third-order valence-electron chi connectivity index (χ3n) is 15.2. The summed E-state index contributed by atoms with van der Waals surface area (Å²) in [4.78, 5) is 4.76. The quantitative estimate of drug-likeness (QED) is 0.152. The summed E-state index contributed by atoms with van der Waals surface area (Å²) in [7, 11) is 0. The number of rotatable bonds is 8. The Hall–Kier alpha value is -9.46. The Morgan fingerprint density at radius 1 is 0.263 bits per heavy atom. The monoisotopic (exact) mass is 1010 g/mol. The molecule has 4 heterocycles. The van der Waals surface area contributed by atoms with Crippen LogP contribution in [0.3, 0.4) is 0 Å². The molecule has 16 rings (SSSR count). The number of thiophene rings is 2. The van der Waals surface area contributed by atoms with Gasteiger partial charge in [-0.3, -0.25) is 0 Å². The van der Waals surface area contributed by atoms with E-state index in [2.05, 4.69) is 265 Å². The van der Waals surface area contributed by atoms with E-state index in [1.165, 1.54) is 40.3 Å². The minimum Gasteiger partial charge on any atom is -0.456 e. The molecular formula is C70H42N2O2S2. The summed E-state index contributed by atoms with van der Waals surface area (Å²) in [5.41, 5.74) is 14.1. The number of nitrogens with zero attached hydrogens (tertiary/aromatic N) is 2. The van der Waals surface area contributed by atoms with Crippen LogP contribution in [0.2, 0.25) is 0 Å². The van der Waals surface area contributed by atoms with Gasteiger partial charge in [0, 0.05) is 98.1 Å². The maximum Gasteiger partial charge on any atom is 0.137 e. The highest BCUT2D eigenvalue weighted by atomic mass is 32.1. The van der Waals surface area contributed by atoms with Crippen molar-refractivity contribution >= 4 is 152 Å². The Balaban J connectivity index is 0.958. The molecule has 0 unspecified atom stereocenters. The van der Waals surface area contributed by atoms with Crippen molar-refractivity contribution in [2.24, 2.45) is 0 Å². The Morgan fingerprint density at radius 3 is 1.08 bits per heavy atom. The molecule has 16 aromatic rings. The molecule has 0 bridgehead atoms. The van der Waals surface area contributed by atoms with E-state index >= 15 is 0 Å². The number of furan rings is 2. The lowest BCUT2D eigenvalue weighted by Gasteiger charge is -2.26. The van der Waals surface area contributed by atoms with Gasteiger partial charge in [-0.15, -0.1) is 22.7 Å². The van der Waals surface area contributed by atoms with Crippen molar-refractivity contribution in [3.8, 4) is 22.3 Å². The molecule has 0 atom stereocenters. The smallest absolute Gasteiger partial charge is 0.137 e. The van der Waals surface area contributed by atoms with Gasteiger partial charge in [0.1, 0.15) is 22.3 Å². The second-order valence-electron chi connectivity index (χ2n) is 19.5. The number of benzene rings is 12. The molecule has 0 aliphatic rings. The van der Waals surface area contributed by atoms with E-state index in [4.69, 9.17) is 8.83 Å². The van der Waals surface area contributed by atoms with E-state index in [9.17, 15) is 0 Å². The zero-order valence-electron chi connectivity index (χ0n) is 40.8. The van der Waals surface area contributed by atoms with Crippen molar-refractivity contribution < 1.29 is 8.83 Å². The van der Waals surface area contributed by atoms with Crippen molar-refractivity contribution in [1.29, 1.82) is 0 Å². The van der Waals surface area contributed by atoms with Crippen molar-refractivity contribution in [2.75, 3.05) is 9.80 Å². The summed E-state index contributed by atoms with van der Waals surface area (Å²) in [5, 5.41) is 11.6. The lowest BCUT2D eigenvalue weighted by atomic mass is 9.87. The molecule has 0 radical (unpaired) electrons. The molecule has 0 aliphatic carbocycles. The molecule has 0 aliphatic heterocycles. The number of para-hydroxylation sites is 2. The van der Waals surface area contributed by atoms with Crippen LogP contribution in [-0.4, -0.2) is 0 Å². The minimum atomic E-state index is 0.818. The number of hydrogen-bond donors (Lipinski definition) is 0. The maximum absolute atomic E-state index is 7.22. The Labute approximate surface area is 444 Å². The first kappa shape index (κ1) is 43.0. The van der Waals surface area contributed by atoms with Crippen LogP contribution in [0.5, 0.6) is 0 Å². The second-order valence-corrected chi connectivity index (χ2v) is 21.6. The zero-order chi connectivity index (χ0) is 49.8. The first-order chi connectivity index (χ1) is 37.7. The summed E-state index contributed by atoms with van der Waals surface area (Å²) in [6, 6.07) is 91.7. The Kier molecular flexibility index (Phi) is 9.64. The Bertz CT molecular complexity index is 4630. The number of anilines is 6. The SMILES string of the molecule is c1ccc(-c2cc3oc4cc(N(c5ccccc5)c5cccc6c5sc5ccccc56)ccc4c3c3c(-c4ccccc4)cc4oc5cc(N(c6ccccc6)c6cccc7c6sc6ccccc67)ccc5c4c23)cc1. The predicted molar refractivity (Wildman–Crippen MR) is 325 cm³/mol. The third-order valence-corrected chi connectivity index (χ3v) is 17.6. The first-order valence-electron chi connectivity index (χ1n) is 25.6. The topological polar surface area (TPSA) is 32.8 Å². The highest BCUT2D eigenvalue weighted by Gasteiger charge is 2.27. The molecule has 0 amide bonds. The molecule has 6 heteroatoms. The highest BCUT2D eigenvalue weighted by Crippen LogP contribution is 2.52. The minimum absolute atomic E-state index is 0.818. The normalized spacial score (nSPS) is 11.9. The van der Waals surface area contributed by atoms with Crippen molar-refractivity contribution in [3.05, 3.63) is 255 Å². The van der Waals surface area contributed by atoms with Crippen molar-refractivity contribution in [1.82, 2.24) is 0 Å². The molecule has 4 aromatic heterocycles. The highest BCUT2D eigenvalue weighted by molar-refractivity contribution is 7.26. The van der Waals surface area contributed by atoms with Gasteiger partial charge in [-0.1, -0.05) is 158 Å². The fraction of sp³-hybridized carbons (Fsp3) is 0. The van der Waals surface area contributed by atoms with Gasteiger partial charge in [-0.2, -0.15) is 0 Å². The van der Waals surface area contributed by atoms with Gasteiger partial charge in [0.2, 0.25) is 0 Å². The fourth-order valence-corrected chi connectivity index (χ4v) is 14.3. The van der Waals surface area contributed by atoms with Crippen LogP contribution in [0.4, 0.5) is 34.1 Å². The van der Waals surface area contributed by atoms with E-state index in [0.717, 1.165) is 111 Å². The van der Waals surface area contributed by atoms with E-state index in [1.54, 1.807) is 0 Å². The van der Waals surface area contributed by atoms with Gasteiger partial charge in [0.05, 0.1) is 20.8 Å². The van der Waals surface area contributed by atoms with E-state index in [0.29, 0.717) is 0 Å². The third kappa shape index (κ3) is 6.61. The van der Waals surface area contributed by atoms with Gasteiger partial charge >= 0.3 is 0 Å². The van der Waals surface area contributed by atoms with Crippen LogP contribution < -0.4 is 9.80 Å².